The first kappa shape index (κ1) is 33.9. The maximum Gasteiger partial charge on any atom is 0.335 e. The van der Waals surface area contributed by atoms with Crippen LogP contribution in [0.15, 0.2) is 71.8 Å². The van der Waals surface area contributed by atoms with Crippen LogP contribution in [0.1, 0.15) is 59.9 Å². The summed E-state index contributed by atoms with van der Waals surface area (Å²) in [5.41, 5.74) is 6.78. The van der Waals surface area contributed by atoms with E-state index in [2.05, 4.69) is 61.0 Å². The number of hydrogen-bond acceptors (Lipinski definition) is 8. The van der Waals surface area contributed by atoms with Crippen molar-refractivity contribution in [1.82, 2.24) is 24.8 Å². The minimum atomic E-state index is -1.82. The molecule has 2 aromatic carbocycles. The molecule has 47 heavy (non-hydrogen) atoms. The minimum Gasteiger partial charge on any atom is -0.588 e. The third-order valence-corrected chi connectivity index (χ3v) is 8.91. The number of anilines is 1. The summed E-state index contributed by atoms with van der Waals surface area (Å²) < 4.78 is 24.6. The van der Waals surface area contributed by atoms with E-state index in [-0.39, 0.29) is 23.0 Å². The van der Waals surface area contributed by atoms with Crippen molar-refractivity contribution in [3.63, 3.8) is 0 Å². The zero-order chi connectivity index (χ0) is 33.9. The Bertz CT molecular complexity index is 1880. The van der Waals surface area contributed by atoms with E-state index in [4.69, 9.17) is 14.7 Å². The number of benzene rings is 2. The van der Waals surface area contributed by atoms with Crippen LogP contribution in [0.2, 0.25) is 0 Å². The van der Waals surface area contributed by atoms with Gasteiger partial charge in [-0.15, -0.1) is 0 Å². The van der Waals surface area contributed by atoms with Crippen LogP contribution in [0.5, 0.6) is 5.88 Å². The third kappa shape index (κ3) is 8.48. The van der Waals surface area contributed by atoms with Gasteiger partial charge < -0.3 is 24.3 Å². The molecule has 2 atom stereocenters. The molecule has 0 spiro atoms. The van der Waals surface area contributed by atoms with Crippen molar-refractivity contribution in [2.75, 3.05) is 11.3 Å². The van der Waals surface area contributed by atoms with Gasteiger partial charge >= 0.3 is 5.97 Å². The van der Waals surface area contributed by atoms with Crippen LogP contribution >= 0.6 is 0 Å². The lowest BCUT2D eigenvalue weighted by molar-refractivity contribution is 0.0696. The summed E-state index contributed by atoms with van der Waals surface area (Å²) in [6.45, 7) is 13.6. The average Bonchev–Trinajstić information content (AvgIpc) is 3.29. The minimum absolute atomic E-state index is 0.0226. The number of aromatic nitrogens is 4. The molecule has 0 bridgehead atoms. The van der Waals surface area contributed by atoms with Gasteiger partial charge in [-0.2, -0.15) is 9.71 Å². The summed E-state index contributed by atoms with van der Waals surface area (Å²) in [4.78, 5) is 25.9. The number of rotatable bonds is 12. The van der Waals surface area contributed by atoms with Crippen molar-refractivity contribution in [1.29, 1.82) is 0 Å². The maximum absolute atomic E-state index is 13.3. The first-order valence-corrected chi connectivity index (χ1v) is 16.7. The Labute approximate surface area is 279 Å². The Kier molecular flexibility index (Phi) is 10.2. The molecule has 10 nitrogen and oxygen atoms in total. The number of fused-ring (bicyclic) bond motifs is 1. The van der Waals surface area contributed by atoms with Gasteiger partial charge in [0.15, 0.2) is 4.90 Å². The zero-order valence-electron chi connectivity index (χ0n) is 27.9. The Hall–Kier alpha value is -4.45. The highest BCUT2D eigenvalue weighted by atomic mass is 32.2. The first-order valence-electron chi connectivity index (χ1n) is 15.5. The fraction of sp³-hybridized carbons (Fsp3) is 0.333. The number of carboxylic acid groups (broad SMARTS) is 1. The molecule has 0 saturated carbocycles. The number of pyridine rings is 1. The summed E-state index contributed by atoms with van der Waals surface area (Å²) in [7, 11) is 2.01. The highest BCUT2D eigenvalue weighted by Gasteiger charge is 2.22. The smallest absolute Gasteiger partial charge is 0.335 e. The molecule has 5 rings (SSSR count). The largest absolute Gasteiger partial charge is 0.588 e. The van der Waals surface area contributed by atoms with Gasteiger partial charge in [-0.1, -0.05) is 45.0 Å². The predicted octanol–water partition coefficient (Wildman–Crippen LogP) is 6.76. The molecule has 3 aromatic heterocycles. The highest BCUT2D eigenvalue weighted by molar-refractivity contribution is 7.92. The molecule has 5 aromatic rings. The normalized spacial score (nSPS) is 13.0. The Morgan fingerprint density at radius 2 is 1.72 bits per heavy atom. The van der Waals surface area contributed by atoms with E-state index < -0.39 is 17.3 Å². The Morgan fingerprint density at radius 1 is 1.00 bits per heavy atom. The van der Waals surface area contributed by atoms with Crippen LogP contribution in [-0.2, 0) is 25.0 Å². The van der Waals surface area contributed by atoms with Crippen molar-refractivity contribution in [3.8, 4) is 17.1 Å². The quantitative estimate of drug-likeness (QED) is 0.125. The van der Waals surface area contributed by atoms with Crippen molar-refractivity contribution in [3.05, 3.63) is 94.8 Å². The first-order chi connectivity index (χ1) is 22.3. The van der Waals surface area contributed by atoms with Crippen LogP contribution in [-0.4, -0.2) is 47.8 Å². The van der Waals surface area contributed by atoms with E-state index in [0.717, 1.165) is 39.8 Å². The second-order valence-corrected chi connectivity index (χ2v) is 14.3. The highest BCUT2D eigenvalue weighted by Crippen LogP contribution is 2.30. The maximum atomic E-state index is 13.3. The van der Waals surface area contributed by atoms with Crippen LogP contribution in [0.25, 0.3) is 22.3 Å². The number of hydrogen-bond donors (Lipinski definition) is 3. The molecule has 3 heterocycles. The van der Waals surface area contributed by atoms with Gasteiger partial charge in [0, 0.05) is 48.9 Å². The summed E-state index contributed by atoms with van der Waals surface area (Å²) in [5.74, 6) is -0.663. The second-order valence-electron chi connectivity index (χ2n) is 13.1. The SMILES string of the molecule is Cc1cccc(C)c1-c1cc(OCC(CC(C)(C)C)NCc2ccc3c(C)cn(C)c3n2)nc(N[S+]([O-])c2cccc(C(=O)O)c2)n1. The van der Waals surface area contributed by atoms with Gasteiger partial charge in [0.2, 0.25) is 5.88 Å². The molecular weight excluding hydrogens is 613 g/mol. The molecule has 0 aliphatic rings. The van der Waals surface area contributed by atoms with E-state index in [0.29, 0.717) is 29.6 Å². The lowest BCUT2D eigenvalue weighted by Crippen LogP contribution is -2.37. The fourth-order valence-corrected chi connectivity index (χ4v) is 6.54. The van der Waals surface area contributed by atoms with Gasteiger partial charge in [0.25, 0.3) is 5.95 Å². The van der Waals surface area contributed by atoms with Crippen molar-refractivity contribution in [2.24, 2.45) is 12.5 Å². The standard InChI is InChI=1S/C36H42N6O4S/c1-22-10-8-11-23(2)32(22)30-17-31(40-35(39-30)41-47(45)28-13-9-12-25(16-28)34(43)44)46-21-27(18-36(4,5)6)37-19-26-14-15-29-24(3)20-42(7)33(29)38-26/h8-17,20,27,37H,18-19,21H2,1-7H3,(H,43,44)(H,39,40,41). The predicted molar refractivity (Wildman–Crippen MR) is 186 cm³/mol. The molecule has 0 saturated heterocycles. The molecule has 0 fully saturated rings. The number of aryl methyl sites for hydroxylation is 4. The average molecular weight is 655 g/mol. The molecule has 246 valence electrons. The lowest BCUT2D eigenvalue weighted by atomic mass is 9.88. The number of carbonyl (C=O) groups is 1. The van der Waals surface area contributed by atoms with Crippen molar-refractivity contribution < 1.29 is 19.2 Å². The molecule has 2 unspecified atom stereocenters. The van der Waals surface area contributed by atoms with E-state index in [1.54, 1.807) is 18.2 Å². The molecule has 0 aliphatic carbocycles. The molecular formula is C36H42N6O4S. The van der Waals surface area contributed by atoms with Crippen LogP contribution in [0, 0.1) is 26.2 Å². The molecule has 11 heteroatoms. The van der Waals surface area contributed by atoms with Crippen LogP contribution in [0.3, 0.4) is 0 Å². The zero-order valence-corrected chi connectivity index (χ0v) is 28.7. The van der Waals surface area contributed by atoms with E-state index in [1.807, 2.05) is 43.7 Å². The number of ether oxygens (including phenoxy) is 1. The van der Waals surface area contributed by atoms with Gasteiger partial charge in [-0.25, -0.2) is 14.8 Å². The summed E-state index contributed by atoms with van der Waals surface area (Å²) in [6, 6.07) is 17.9. The van der Waals surface area contributed by atoms with Crippen molar-refractivity contribution >= 4 is 34.3 Å². The van der Waals surface area contributed by atoms with E-state index >= 15 is 0 Å². The van der Waals surface area contributed by atoms with Gasteiger partial charge in [-0.05, 0) is 73.6 Å². The van der Waals surface area contributed by atoms with Crippen molar-refractivity contribution in [2.45, 2.75) is 65.4 Å². The van der Waals surface area contributed by atoms with E-state index in [9.17, 15) is 14.5 Å². The third-order valence-electron chi connectivity index (χ3n) is 7.86. The summed E-state index contributed by atoms with van der Waals surface area (Å²) >= 11 is -1.82. The van der Waals surface area contributed by atoms with Gasteiger partial charge in [0.1, 0.15) is 23.6 Å². The summed E-state index contributed by atoms with van der Waals surface area (Å²) in [5, 5.41) is 14.2. The van der Waals surface area contributed by atoms with Gasteiger partial charge in [-0.3, -0.25) is 0 Å². The van der Waals surface area contributed by atoms with Gasteiger partial charge in [0.05, 0.1) is 17.0 Å². The van der Waals surface area contributed by atoms with Crippen LogP contribution in [0.4, 0.5) is 5.95 Å². The number of aromatic carboxylic acids is 1. The lowest BCUT2D eigenvalue weighted by Gasteiger charge is -2.27. The number of carboxylic acids is 1. The monoisotopic (exact) mass is 654 g/mol. The Morgan fingerprint density at radius 3 is 2.43 bits per heavy atom. The molecule has 0 radical (unpaired) electrons. The molecule has 0 amide bonds. The molecule has 0 aliphatic heterocycles. The second kappa shape index (κ2) is 14.1. The number of nitrogens with one attached hydrogen (secondary N) is 2. The summed E-state index contributed by atoms with van der Waals surface area (Å²) in [6.07, 6.45) is 2.92. The topological polar surface area (TPSA) is 137 Å². The number of nitrogens with zero attached hydrogens (tertiary/aromatic N) is 4. The van der Waals surface area contributed by atoms with Crippen LogP contribution < -0.4 is 14.8 Å². The fourth-order valence-electron chi connectivity index (χ4n) is 5.73. The molecule has 3 N–H and O–H groups in total. The van der Waals surface area contributed by atoms with E-state index in [1.165, 1.54) is 17.7 Å². The Balaban J connectivity index is 1.40.